The molecule has 1 nitrogen and oxygen atoms in total. The minimum atomic E-state index is -0.245. The van der Waals surface area contributed by atoms with Crippen molar-refractivity contribution in [2.24, 2.45) is 11.8 Å². The zero-order valence-corrected chi connectivity index (χ0v) is 32.1. The SMILES string of the molecule is [2H]c1c([2H])c([2H])c2cc(-c3c(-c4ccc(C5=c6ccccc6=C(c6ccccc6)C6C=CC=CC56)cc4)oc4cccc(-c5cccc6sc7ccccc7c56)c34)ccc2c1[2H]. The van der Waals surface area contributed by atoms with E-state index < -0.39 is 0 Å². The van der Waals surface area contributed by atoms with Gasteiger partial charge in [-0.1, -0.05) is 182 Å². The van der Waals surface area contributed by atoms with Crippen molar-refractivity contribution < 1.29 is 9.90 Å². The number of hydrogen-bond acceptors (Lipinski definition) is 2. The summed E-state index contributed by atoms with van der Waals surface area (Å²) in [5, 5.41) is 6.82. The summed E-state index contributed by atoms with van der Waals surface area (Å²) in [6.45, 7) is 0. The molecule has 0 amide bonds. The van der Waals surface area contributed by atoms with Gasteiger partial charge in [-0.25, -0.2) is 0 Å². The summed E-state index contributed by atoms with van der Waals surface area (Å²) in [4.78, 5) is 0. The lowest BCUT2D eigenvalue weighted by Gasteiger charge is -2.33. The number of benzene rings is 8. The third-order valence-corrected chi connectivity index (χ3v) is 13.2. The lowest BCUT2D eigenvalue weighted by molar-refractivity contribution is 0.632. The van der Waals surface area contributed by atoms with Crippen LogP contribution in [0.3, 0.4) is 0 Å². The maximum atomic E-state index is 8.93. The van der Waals surface area contributed by atoms with E-state index in [9.17, 15) is 0 Å². The monoisotopic (exact) mass is 760 g/mol. The van der Waals surface area contributed by atoms with Crippen molar-refractivity contribution in [2.75, 3.05) is 0 Å². The molecule has 2 aromatic heterocycles. The van der Waals surface area contributed by atoms with Crippen molar-refractivity contribution in [1.29, 1.82) is 0 Å². The van der Waals surface area contributed by atoms with Crippen LogP contribution in [-0.2, 0) is 0 Å². The van der Waals surface area contributed by atoms with Crippen LogP contribution in [0.2, 0.25) is 0 Å². The minimum absolute atomic E-state index is 0.0436. The van der Waals surface area contributed by atoms with E-state index in [2.05, 4.69) is 158 Å². The first-order valence-electron chi connectivity index (χ1n) is 21.8. The summed E-state index contributed by atoms with van der Waals surface area (Å²) < 4.78 is 44.0. The number of allylic oxidation sites excluding steroid dienone is 4. The molecule has 272 valence electrons. The lowest BCUT2D eigenvalue weighted by Crippen LogP contribution is -2.40. The molecule has 2 aliphatic carbocycles. The zero-order chi connectivity index (χ0) is 41.6. The molecule has 2 aliphatic rings. The van der Waals surface area contributed by atoms with E-state index in [1.807, 2.05) is 24.3 Å². The van der Waals surface area contributed by atoms with Gasteiger partial charge in [-0.2, -0.15) is 0 Å². The average molecular weight is 761 g/mol. The second-order valence-corrected chi connectivity index (χ2v) is 16.2. The van der Waals surface area contributed by atoms with Crippen LogP contribution in [-0.4, -0.2) is 0 Å². The number of rotatable bonds is 5. The van der Waals surface area contributed by atoms with Gasteiger partial charge in [0.05, 0.1) is 5.48 Å². The molecule has 0 aliphatic heterocycles. The molecule has 0 saturated heterocycles. The molecule has 0 radical (unpaired) electrons. The Kier molecular flexibility index (Phi) is 6.71. The van der Waals surface area contributed by atoms with Crippen molar-refractivity contribution in [3.8, 4) is 33.6 Å². The fourth-order valence-corrected chi connectivity index (χ4v) is 10.7. The molecular formula is C56H36OS. The van der Waals surface area contributed by atoms with Gasteiger partial charge in [0.1, 0.15) is 11.3 Å². The molecule has 0 N–H and O–H groups in total. The van der Waals surface area contributed by atoms with Gasteiger partial charge < -0.3 is 4.42 Å². The van der Waals surface area contributed by atoms with Crippen LogP contribution in [0.25, 0.3) is 86.6 Å². The van der Waals surface area contributed by atoms with Crippen LogP contribution < -0.4 is 10.4 Å². The van der Waals surface area contributed by atoms with Gasteiger partial charge in [0.2, 0.25) is 0 Å². The van der Waals surface area contributed by atoms with Gasteiger partial charge in [-0.3, -0.25) is 0 Å². The molecule has 2 unspecified atom stereocenters. The number of furan rings is 1. The van der Waals surface area contributed by atoms with Crippen molar-refractivity contribution >= 4 is 64.4 Å². The average Bonchev–Trinajstić information content (AvgIpc) is 3.91. The molecule has 0 spiro atoms. The molecule has 2 heteroatoms. The summed E-state index contributed by atoms with van der Waals surface area (Å²) in [5.74, 6) is 1.04. The van der Waals surface area contributed by atoms with Crippen LogP contribution >= 0.6 is 11.3 Å². The quantitative estimate of drug-likeness (QED) is 0.170. The Morgan fingerprint density at radius 2 is 1.09 bits per heavy atom. The van der Waals surface area contributed by atoms with E-state index in [0.29, 0.717) is 16.5 Å². The Hall–Kier alpha value is -7.00. The Balaban J connectivity index is 1.10. The van der Waals surface area contributed by atoms with Crippen molar-refractivity contribution in [3.63, 3.8) is 0 Å². The zero-order valence-electron chi connectivity index (χ0n) is 35.3. The predicted molar refractivity (Wildman–Crippen MR) is 245 cm³/mol. The molecule has 10 aromatic rings. The highest BCUT2D eigenvalue weighted by molar-refractivity contribution is 7.25. The highest BCUT2D eigenvalue weighted by atomic mass is 32.1. The van der Waals surface area contributed by atoms with E-state index >= 15 is 0 Å². The lowest BCUT2D eigenvalue weighted by atomic mass is 9.70. The summed E-state index contributed by atoms with van der Waals surface area (Å²) >= 11 is 1.79. The van der Waals surface area contributed by atoms with E-state index in [1.165, 1.54) is 47.3 Å². The van der Waals surface area contributed by atoms with Crippen molar-refractivity contribution in [1.82, 2.24) is 0 Å². The van der Waals surface area contributed by atoms with Gasteiger partial charge in [0.25, 0.3) is 0 Å². The Morgan fingerprint density at radius 1 is 0.483 bits per heavy atom. The molecule has 0 saturated carbocycles. The van der Waals surface area contributed by atoms with Crippen molar-refractivity contribution in [3.05, 3.63) is 228 Å². The maximum Gasteiger partial charge on any atom is 0.143 e. The number of hydrogen-bond donors (Lipinski definition) is 0. The van der Waals surface area contributed by atoms with Gasteiger partial charge in [-0.15, -0.1) is 11.3 Å². The third-order valence-electron chi connectivity index (χ3n) is 12.0. The van der Waals surface area contributed by atoms with Gasteiger partial charge in [0.15, 0.2) is 0 Å². The first-order valence-corrected chi connectivity index (χ1v) is 20.6. The first-order chi connectivity index (χ1) is 30.4. The fourth-order valence-electron chi connectivity index (χ4n) is 9.55. The highest BCUT2D eigenvalue weighted by Gasteiger charge is 2.32. The van der Waals surface area contributed by atoms with E-state index in [1.54, 1.807) is 11.3 Å². The summed E-state index contributed by atoms with van der Waals surface area (Å²) in [7, 11) is 0. The van der Waals surface area contributed by atoms with Crippen LogP contribution in [0.5, 0.6) is 0 Å². The fraction of sp³-hybridized carbons (Fsp3) is 0.0357. The molecule has 8 aromatic carbocycles. The second-order valence-electron chi connectivity index (χ2n) is 15.2. The van der Waals surface area contributed by atoms with Crippen LogP contribution in [0.15, 0.2) is 211 Å². The minimum Gasteiger partial charge on any atom is -0.455 e. The van der Waals surface area contributed by atoms with Gasteiger partial charge >= 0.3 is 0 Å². The molecular weight excluding hydrogens is 721 g/mol. The van der Waals surface area contributed by atoms with Crippen LogP contribution in [0, 0.1) is 11.8 Å². The Morgan fingerprint density at radius 3 is 1.86 bits per heavy atom. The van der Waals surface area contributed by atoms with E-state index in [-0.39, 0.29) is 36.0 Å². The first kappa shape index (κ1) is 29.3. The Bertz CT molecular complexity index is 3690. The van der Waals surface area contributed by atoms with Gasteiger partial charge in [-0.05, 0) is 84.4 Å². The summed E-state index contributed by atoms with van der Waals surface area (Å²) in [6, 6.07) is 54.8. The molecule has 0 bridgehead atoms. The molecule has 0 fully saturated rings. The van der Waals surface area contributed by atoms with E-state index in [4.69, 9.17) is 9.90 Å². The standard InChI is InChI=1S/C56H36OS/c1-2-15-36(16-3-1)51-41-18-6-8-20-43(41)52(44-21-9-7-19-42(44)51)37-29-31-38(32-30-37)56-53(40-33-28-35-14-4-5-17-39(35)34-40)55-46(23-12-25-48(55)57-56)45-24-13-27-50-54(45)47-22-10-11-26-49(47)58-50/h1-34,41,43H/i4D,5D,14D,17D. The van der Waals surface area contributed by atoms with Gasteiger partial charge in [0, 0.05) is 48.5 Å². The second kappa shape index (κ2) is 13.3. The normalized spacial score (nSPS) is 17.0. The third kappa shape index (κ3) is 5.15. The highest BCUT2D eigenvalue weighted by Crippen LogP contribution is 2.49. The van der Waals surface area contributed by atoms with Crippen LogP contribution in [0.4, 0.5) is 0 Å². The topological polar surface area (TPSA) is 13.1 Å². The molecule has 58 heavy (non-hydrogen) atoms. The number of fused-ring (bicyclic) bond motifs is 7. The van der Waals surface area contributed by atoms with Crippen molar-refractivity contribution in [2.45, 2.75) is 0 Å². The molecule has 2 heterocycles. The Labute approximate surface area is 346 Å². The van der Waals surface area contributed by atoms with E-state index in [0.717, 1.165) is 44.3 Å². The smallest absolute Gasteiger partial charge is 0.143 e. The summed E-state index contributed by atoms with van der Waals surface area (Å²) in [5.41, 5.74) is 10.5. The summed E-state index contributed by atoms with van der Waals surface area (Å²) in [6.07, 6.45) is 9.04. The number of thiophene rings is 1. The molecule has 12 rings (SSSR count). The van der Waals surface area contributed by atoms with Crippen LogP contribution in [0.1, 0.15) is 16.6 Å². The molecule has 2 atom stereocenters. The predicted octanol–water partition coefficient (Wildman–Crippen LogP) is 13.7. The maximum absolute atomic E-state index is 8.93. The largest absolute Gasteiger partial charge is 0.455 e.